The molecule has 6 heteroatoms. The summed E-state index contributed by atoms with van der Waals surface area (Å²) in [6, 6.07) is 18.3. The summed E-state index contributed by atoms with van der Waals surface area (Å²) in [5.41, 5.74) is 2.10. The molecule has 1 aliphatic rings. The Morgan fingerprint density at radius 1 is 0.963 bits per heavy atom. The van der Waals surface area contributed by atoms with Crippen molar-refractivity contribution in [3.8, 4) is 5.69 Å². The monoisotopic (exact) mass is 381 g/mol. The molecule has 0 amide bonds. The van der Waals surface area contributed by atoms with Crippen LogP contribution in [0.5, 0.6) is 0 Å². The number of aromatic nitrogens is 4. The minimum Gasteiger partial charge on any atom is -0.304 e. The van der Waals surface area contributed by atoms with Crippen LogP contribution in [0.1, 0.15) is 43.5 Å². The molecule has 5 nitrogen and oxygen atoms in total. The number of hydrogen-bond acceptors (Lipinski definition) is 4. The lowest BCUT2D eigenvalue weighted by Gasteiger charge is -2.37. The molecule has 3 aromatic rings. The van der Waals surface area contributed by atoms with Crippen molar-refractivity contribution in [1.82, 2.24) is 25.5 Å². The fraction of sp³-hybridized carbons (Fsp3) is 0.381. The van der Waals surface area contributed by atoms with Crippen LogP contribution in [-0.4, -0.2) is 26.8 Å². The summed E-state index contributed by atoms with van der Waals surface area (Å²) in [5, 5.41) is 17.2. The van der Waals surface area contributed by atoms with E-state index in [0.717, 1.165) is 37.3 Å². The summed E-state index contributed by atoms with van der Waals surface area (Å²) in [6.07, 6.45) is 6.73. The Morgan fingerprint density at radius 3 is 2.44 bits per heavy atom. The smallest absolute Gasteiger partial charge is 0.176 e. The average molecular weight is 382 g/mol. The number of hydrogen-bond donors (Lipinski definition) is 1. The van der Waals surface area contributed by atoms with Gasteiger partial charge in [-0.1, -0.05) is 61.2 Å². The predicted octanol–water partition coefficient (Wildman–Crippen LogP) is 4.31. The summed E-state index contributed by atoms with van der Waals surface area (Å²) in [6.45, 7) is 0.900. The molecule has 0 spiro atoms. The van der Waals surface area contributed by atoms with Gasteiger partial charge in [-0.2, -0.15) is 4.68 Å². The first kappa shape index (κ1) is 18.1. The standard InChI is InChI=1S/C21H24ClN5/c22-18-9-11-19(12-10-18)27-20(24-25-26-27)21(14-5-2-6-15-21)23-16-13-17-7-3-1-4-8-17/h1,3-4,7-12,23H,2,5-6,13-16H2. The van der Waals surface area contributed by atoms with Crippen molar-refractivity contribution in [3.63, 3.8) is 0 Å². The molecule has 1 saturated carbocycles. The van der Waals surface area contributed by atoms with Gasteiger partial charge in [0.1, 0.15) is 0 Å². The Labute approximate surface area is 164 Å². The van der Waals surface area contributed by atoms with E-state index in [0.29, 0.717) is 5.02 Å². The molecule has 0 bridgehead atoms. The first-order valence-corrected chi connectivity index (χ1v) is 9.98. The molecule has 1 aromatic heterocycles. The van der Waals surface area contributed by atoms with Crippen LogP contribution < -0.4 is 5.32 Å². The van der Waals surface area contributed by atoms with Gasteiger partial charge in [0.05, 0.1) is 11.2 Å². The van der Waals surface area contributed by atoms with E-state index in [9.17, 15) is 0 Å². The van der Waals surface area contributed by atoms with Gasteiger partial charge in [-0.05, 0) is 59.5 Å². The van der Waals surface area contributed by atoms with Gasteiger partial charge in [-0.25, -0.2) is 0 Å². The van der Waals surface area contributed by atoms with E-state index in [1.54, 1.807) is 0 Å². The third kappa shape index (κ3) is 4.04. The van der Waals surface area contributed by atoms with Crippen molar-refractivity contribution in [3.05, 3.63) is 71.0 Å². The fourth-order valence-corrected chi connectivity index (χ4v) is 4.09. The largest absolute Gasteiger partial charge is 0.304 e. The highest BCUT2D eigenvalue weighted by molar-refractivity contribution is 6.30. The molecule has 0 saturated heterocycles. The number of rotatable bonds is 6. The minimum atomic E-state index is -0.184. The van der Waals surface area contributed by atoms with E-state index < -0.39 is 0 Å². The summed E-state index contributed by atoms with van der Waals surface area (Å²) in [7, 11) is 0. The maximum atomic E-state index is 6.04. The van der Waals surface area contributed by atoms with Crippen molar-refractivity contribution >= 4 is 11.6 Å². The van der Waals surface area contributed by atoms with E-state index in [2.05, 4.69) is 51.2 Å². The normalized spacial score (nSPS) is 16.3. The predicted molar refractivity (Wildman–Crippen MR) is 107 cm³/mol. The molecule has 1 heterocycles. The van der Waals surface area contributed by atoms with E-state index in [-0.39, 0.29) is 5.54 Å². The van der Waals surface area contributed by atoms with Crippen molar-refractivity contribution in [1.29, 1.82) is 0 Å². The molecule has 0 unspecified atom stereocenters. The molecule has 140 valence electrons. The molecule has 1 aliphatic carbocycles. The van der Waals surface area contributed by atoms with E-state index in [4.69, 9.17) is 11.6 Å². The van der Waals surface area contributed by atoms with Gasteiger partial charge in [0.15, 0.2) is 5.82 Å². The molecule has 0 atom stereocenters. The van der Waals surface area contributed by atoms with Crippen LogP contribution in [0.3, 0.4) is 0 Å². The van der Waals surface area contributed by atoms with Crippen LogP contribution >= 0.6 is 11.6 Å². The van der Waals surface area contributed by atoms with Crippen molar-refractivity contribution in [2.75, 3.05) is 6.54 Å². The van der Waals surface area contributed by atoms with Crippen LogP contribution in [0.2, 0.25) is 5.02 Å². The zero-order valence-electron chi connectivity index (χ0n) is 15.3. The van der Waals surface area contributed by atoms with Gasteiger partial charge in [0.25, 0.3) is 0 Å². The summed E-state index contributed by atoms with van der Waals surface area (Å²) < 4.78 is 1.86. The zero-order chi connectivity index (χ0) is 18.5. The van der Waals surface area contributed by atoms with E-state index in [1.807, 2.05) is 28.9 Å². The third-order valence-corrected chi connectivity index (χ3v) is 5.65. The highest BCUT2D eigenvalue weighted by Gasteiger charge is 2.38. The Bertz CT molecular complexity index is 854. The number of benzene rings is 2. The van der Waals surface area contributed by atoms with Crippen LogP contribution in [0, 0.1) is 0 Å². The summed E-state index contributed by atoms with van der Waals surface area (Å²) >= 11 is 6.04. The molecule has 0 radical (unpaired) electrons. The molecule has 1 N–H and O–H groups in total. The lowest BCUT2D eigenvalue weighted by molar-refractivity contribution is 0.217. The summed E-state index contributed by atoms with van der Waals surface area (Å²) in [5.74, 6) is 0.901. The molecule has 2 aromatic carbocycles. The van der Waals surface area contributed by atoms with Gasteiger partial charge in [0.2, 0.25) is 0 Å². The minimum absolute atomic E-state index is 0.184. The Kier molecular flexibility index (Phi) is 5.50. The van der Waals surface area contributed by atoms with Gasteiger partial charge in [-0.3, -0.25) is 0 Å². The SMILES string of the molecule is Clc1ccc(-n2nnnc2C2(NCCc3ccccc3)CCCCC2)cc1. The van der Waals surface area contributed by atoms with Crippen LogP contribution in [0.25, 0.3) is 5.69 Å². The maximum absolute atomic E-state index is 6.04. The van der Waals surface area contributed by atoms with Crippen molar-refractivity contribution in [2.45, 2.75) is 44.1 Å². The van der Waals surface area contributed by atoms with Crippen LogP contribution in [-0.2, 0) is 12.0 Å². The second kappa shape index (κ2) is 8.19. The number of nitrogens with zero attached hydrogens (tertiary/aromatic N) is 4. The highest BCUT2D eigenvalue weighted by atomic mass is 35.5. The number of tetrazole rings is 1. The van der Waals surface area contributed by atoms with Gasteiger partial charge < -0.3 is 5.32 Å². The Balaban J connectivity index is 1.59. The van der Waals surface area contributed by atoms with Gasteiger partial charge >= 0.3 is 0 Å². The first-order chi connectivity index (χ1) is 13.3. The second-order valence-corrected chi connectivity index (χ2v) is 7.63. The third-order valence-electron chi connectivity index (χ3n) is 5.40. The highest BCUT2D eigenvalue weighted by Crippen LogP contribution is 2.36. The molecular formula is C21H24ClN5. The Morgan fingerprint density at radius 2 is 1.70 bits per heavy atom. The molecular weight excluding hydrogens is 358 g/mol. The number of halogens is 1. The lowest BCUT2D eigenvalue weighted by Crippen LogP contribution is -2.47. The number of nitrogens with one attached hydrogen (secondary N) is 1. The topological polar surface area (TPSA) is 55.6 Å². The van der Waals surface area contributed by atoms with Crippen molar-refractivity contribution in [2.24, 2.45) is 0 Å². The molecule has 1 fully saturated rings. The second-order valence-electron chi connectivity index (χ2n) is 7.20. The first-order valence-electron chi connectivity index (χ1n) is 9.61. The molecule has 4 rings (SSSR count). The molecule has 27 heavy (non-hydrogen) atoms. The Hall–Kier alpha value is -2.24. The van der Waals surface area contributed by atoms with E-state index in [1.165, 1.54) is 24.8 Å². The maximum Gasteiger partial charge on any atom is 0.176 e. The quantitative estimate of drug-likeness (QED) is 0.691. The van der Waals surface area contributed by atoms with Gasteiger partial charge in [-0.15, -0.1) is 5.10 Å². The van der Waals surface area contributed by atoms with Crippen molar-refractivity contribution < 1.29 is 0 Å². The van der Waals surface area contributed by atoms with Gasteiger partial charge in [0, 0.05) is 11.6 Å². The molecule has 0 aliphatic heterocycles. The van der Waals surface area contributed by atoms with Crippen LogP contribution in [0.15, 0.2) is 54.6 Å². The zero-order valence-corrected chi connectivity index (χ0v) is 16.1. The lowest BCUT2D eigenvalue weighted by atomic mass is 9.80. The van der Waals surface area contributed by atoms with Crippen LogP contribution in [0.4, 0.5) is 0 Å². The average Bonchev–Trinajstić information content (AvgIpc) is 3.21. The van der Waals surface area contributed by atoms with E-state index >= 15 is 0 Å². The summed E-state index contributed by atoms with van der Waals surface area (Å²) in [4.78, 5) is 0. The fourth-order valence-electron chi connectivity index (χ4n) is 3.97.